The van der Waals surface area contributed by atoms with Crippen molar-refractivity contribution in [3.8, 4) is 23.3 Å². The fourth-order valence-corrected chi connectivity index (χ4v) is 3.66. The van der Waals surface area contributed by atoms with Gasteiger partial charge < -0.3 is 20.1 Å². The molecule has 0 fully saturated rings. The molecule has 0 saturated carbocycles. The maximum absolute atomic E-state index is 13.5. The van der Waals surface area contributed by atoms with Crippen molar-refractivity contribution in [1.82, 2.24) is 9.78 Å². The molecular formula is C25H19N5O3. The number of ether oxygens (including phenoxy) is 2. The number of carbonyl (C=O) groups is 1. The van der Waals surface area contributed by atoms with Crippen molar-refractivity contribution >= 4 is 17.4 Å². The summed E-state index contributed by atoms with van der Waals surface area (Å²) in [4.78, 5) is 15.2. The Morgan fingerprint density at radius 1 is 1.06 bits per heavy atom. The molecule has 1 aromatic heterocycles. The van der Waals surface area contributed by atoms with E-state index < -0.39 is 0 Å². The second-order valence-electron chi connectivity index (χ2n) is 7.43. The summed E-state index contributed by atoms with van der Waals surface area (Å²) in [7, 11) is 0. The molecule has 0 saturated heterocycles. The largest absolute Gasteiger partial charge is 0.454 e. The van der Waals surface area contributed by atoms with Crippen molar-refractivity contribution in [2.24, 2.45) is 0 Å². The van der Waals surface area contributed by atoms with Crippen LogP contribution in [-0.2, 0) is 6.54 Å². The fraction of sp³-hybridized carbons (Fsp3) is 0.0800. The quantitative estimate of drug-likeness (QED) is 0.508. The summed E-state index contributed by atoms with van der Waals surface area (Å²) in [6, 6.07) is 24.1. The van der Waals surface area contributed by atoms with Crippen molar-refractivity contribution < 1.29 is 14.3 Å². The third kappa shape index (κ3) is 3.83. The Labute approximate surface area is 190 Å². The Bertz CT molecular complexity index is 1360. The van der Waals surface area contributed by atoms with Crippen LogP contribution >= 0.6 is 0 Å². The summed E-state index contributed by atoms with van der Waals surface area (Å²) < 4.78 is 12.3. The molecule has 0 unspecified atom stereocenters. The maximum Gasteiger partial charge on any atom is 0.258 e. The van der Waals surface area contributed by atoms with Crippen LogP contribution in [-0.4, -0.2) is 22.5 Å². The van der Waals surface area contributed by atoms with E-state index >= 15 is 0 Å². The highest BCUT2D eigenvalue weighted by Gasteiger charge is 2.21. The van der Waals surface area contributed by atoms with Gasteiger partial charge in [0.1, 0.15) is 17.5 Å². The van der Waals surface area contributed by atoms with Crippen LogP contribution in [0.15, 0.2) is 79.0 Å². The molecule has 1 aliphatic heterocycles. The first kappa shape index (κ1) is 20.2. The number of anilines is 2. The standard InChI is InChI=1S/C25H19N5O3/c26-13-19-14-28-30(24(19)27)21-9-7-18(8-10-21)25(31)29(20-4-2-1-3-5-20)15-17-6-11-22-23(12-17)33-16-32-22/h1-12,14H,15-16,27H2. The van der Waals surface area contributed by atoms with Crippen molar-refractivity contribution in [3.05, 3.63) is 95.7 Å². The number of amides is 1. The summed E-state index contributed by atoms with van der Waals surface area (Å²) in [6.07, 6.45) is 1.41. The molecule has 8 nitrogen and oxygen atoms in total. The fourth-order valence-electron chi connectivity index (χ4n) is 3.66. The maximum atomic E-state index is 13.5. The summed E-state index contributed by atoms with van der Waals surface area (Å²) in [6.45, 7) is 0.558. The minimum absolute atomic E-state index is 0.156. The molecule has 4 aromatic rings. The van der Waals surface area contributed by atoms with Crippen molar-refractivity contribution in [2.45, 2.75) is 6.54 Å². The number of hydrogen-bond acceptors (Lipinski definition) is 6. The number of aromatic nitrogens is 2. The lowest BCUT2D eigenvalue weighted by Crippen LogP contribution is -2.30. The van der Waals surface area contributed by atoms with E-state index in [-0.39, 0.29) is 18.5 Å². The average Bonchev–Trinajstić information content (AvgIpc) is 3.48. The second kappa shape index (κ2) is 8.40. The molecule has 0 spiro atoms. The second-order valence-corrected chi connectivity index (χ2v) is 7.43. The molecule has 8 heteroatoms. The lowest BCUT2D eigenvalue weighted by atomic mass is 10.1. The summed E-state index contributed by atoms with van der Waals surface area (Å²) in [5.41, 5.74) is 9.14. The number of rotatable bonds is 5. The van der Waals surface area contributed by atoms with Crippen LogP contribution in [0.1, 0.15) is 21.5 Å². The van der Waals surface area contributed by atoms with Gasteiger partial charge in [-0.1, -0.05) is 24.3 Å². The molecule has 1 aliphatic rings. The Hall–Kier alpha value is -4.77. The van der Waals surface area contributed by atoms with E-state index in [4.69, 9.17) is 20.5 Å². The van der Waals surface area contributed by atoms with E-state index in [1.807, 2.05) is 54.6 Å². The molecule has 3 aromatic carbocycles. The summed E-state index contributed by atoms with van der Waals surface area (Å²) in [5, 5.41) is 13.2. The lowest BCUT2D eigenvalue weighted by Gasteiger charge is -2.23. The average molecular weight is 437 g/mol. The van der Waals surface area contributed by atoms with Gasteiger partial charge in [-0.05, 0) is 54.1 Å². The summed E-state index contributed by atoms with van der Waals surface area (Å²) in [5.74, 6) is 1.47. The highest BCUT2D eigenvalue weighted by Crippen LogP contribution is 2.33. The molecule has 0 bridgehead atoms. The van der Waals surface area contributed by atoms with E-state index in [9.17, 15) is 4.79 Å². The van der Waals surface area contributed by atoms with E-state index in [0.717, 1.165) is 11.3 Å². The van der Waals surface area contributed by atoms with Gasteiger partial charge in [0.2, 0.25) is 6.79 Å². The van der Waals surface area contributed by atoms with E-state index in [1.54, 1.807) is 29.2 Å². The third-order valence-electron chi connectivity index (χ3n) is 5.38. The summed E-state index contributed by atoms with van der Waals surface area (Å²) >= 11 is 0. The van der Waals surface area contributed by atoms with Crippen LogP contribution in [0.5, 0.6) is 11.5 Å². The molecule has 2 N–H and O–H groups in total. The number of nitrogens with two attached hydrogens (primary N) is 1. The first-order valence-corrected chi connectivity index (χ1v) is 10.2. The Morgan fingerprint density at radius 2 is 1.82 bits per heavy atom. The van der Waals surface area contributed by atoms with Crippen molar-refractivity contribution in [3.63, 3.8) is 0 Å². The Balaban J connectivity index is 1.44. The Kier molecular flexibility index (Phi) is 5.13. The third-order valence-corrected chi connectivity index (χ3v) is 5.38. The highest BCUT2D eigenvalue weighted by atomic mass is 16.7. The minimum Gasteiger partial charge on any atom is -0.454 e. The number of hydrogen-bond donors (Lipinski definition) is 1. The van der Waals surface area contributed by atoms with E-state index in [0.29, 0.717) is 34.9 Å². The number of nitriles is 1. The van der Waals surface area contributed by atoms with Crippen LogP contribution in [0.25, 0.3) is 5.69 Å². The number of benzene rings is 3. The molecule has 162 valence electrons. The van der Waals surface area contributed by atoms with Gasteiger partial charge in [0.15, 0.2) is 11.5 Å². The van der Waals surface area contributed by atoms with Crippen LogP contribution in [0.3, 0.4) is 0 Å². The van der Waals surface area contributed by atoms with Gasteiger partial charge in [-0.3, -0.25) is 4.79 Å². The van der Waals surface area contributed by atoms with Crippen LogP contribution < -0.4 is 20.1 Å². The van der Waals surface area contributed by atoms with Gasteiger partial charge in [0, 0.05) is 11.3 Å². The van der Waals surface area contributed by atoms with Gasteiger partial charge in [0.05, 0.1) is 18.4 Å². The number of nitrogen functional groups attached to an aromatic ring is 1. The van der Waals surface area contributed by atoms with Gasteiger partial charge in [0.25, 0.3) is 5.91 Å². The monoisotopic (exact) mass is 437 g/mol. The Morgan fingerprint density at radius 3 is 2.55 bits per heavy atom. The molecule has 2 heterocycles. The smallest absolute Gasteiger partial charge is 0.258 e. The molecule has 0 aliphatic carbocycles. The minimum atomic E-state index is -0.156. The zero-order valence-corrected chi connectivity index (χ0v) is 17.5. The SMILES string of the molecule is N#Cc1cnn(-c2ccc(C(=O)N(Cc3ccc4c(c3)OCO4)c3ccccc3)cc2)c1N. The number of carbonyl (C=O) groups excluding carboxylic acids is 1. The number of fused-ring (bicyclic) bond motifs is 1. The normalized spacial score (nSPS) is 11.7. The molecule has 0 radical (unpaired) electrons. The number of para-hydroxylation sites is 1. The molecule has 33 heavy (non-hydrogen) atoms. The topological polar surface area (TPSA) is 106 Å². The van der Waals surface area contributed by atoms with E-state index in [1.165, 1.54) is 10.9 Å². The highest BCUT2D eigenvalue weighted by molar-refractivity contribution is 6.06. The zero-order chi connectivity index (χ0) is 22.8. The van der Waals surface area contributed by atoms with Crippen LogP contribution in [0.4, 0.5) is 11.5 Å². The van der Waals surface area contributed by atoms with Gasteiger partial charge >= 0.3 is 0 Å². The van der Waals surface area contributed by atoms with Gasteiger partial charge in [-0.25, -0.2) is 4.68 Å². The molecule has 5 rings (SSSR count). The predicted molar refractivity (Wildman–Crippen MR) is 122 cm³/mol. The first-order chi connectivity index (χ1) is 16.1. The van der Waals surface area contributed by atoms with Gasteiger partial charge in [-0.15, -0.1) is 0 Å². The lowest BCUT2D eigenvalue weighted by molar-refractivity contribution is 0.0985. The zero-order valence-electron chi connectivity index (χ0n) is 17.5. The first-order valence-electron chi connectivity index (χ1n) is 10.2. The number of nitrogens with zero attached hydrogens (tertiary/aromatic N) is 4. The predicted octanol–water partition coefficient (Wildman–Crippen LogP) is 3.90. The van der Waals surface area contributed by atoms with Crippen LogP contribution in [0.2, 0.25) is 0 Å². The molecular weight excluding hydrogens is 418 g/mol. The van der Waals surface area contributed by atoms with Crippen molar-refractivity contribution in [2.75, 3.05) is 17.4 Å². The van der Waals surface area contributed by atoms with Crippen LogP contribution in [0, 0.1) is 11.3 Å². The molecule has 1 amide bonds. The van der Waals surface area contributed by atoms with Crippen molar-refractivity contribution in [1.29, 1.82) is 5.26 Å². The van der Waals surface area contributed by atoms with Gasteiger partial charge in [-0.2, -0.15) is 10.4 Å². The van der Waals surface area contributed by atoms with E-state index in [2.05, 4.69) is 5.10 Å². The molecule has 0 atom stereocenters.